The predicted octanol–water partition coefficient (Wildman–Crippen LogP) is 0.688. The van der Waals surface area contributed by atoms with Gasteiger partial charge in [0, 0.05) is 11.1 Å². The Morgan fingerprint density at radius 1 is 0.920 bits per heavy atom. The molecule has 1 aliphatic carbocycles. The molecule has 3 rings (SSSR count). The van der Waals surface area contributed by atoms with Crippen molar-refractivity contribution in [3.63, 3.8) is 0 Å². The molecule has 0 atom stereocenters. The lowest BCUT2D eigenvalue weighted by Crippen LogP contribution is -2.24. The van der Waals surface area contributed by atoms with Crippen LogP contribution in [0.4, 0.5) is 5.69 Å². The van der Waals surface area contributed by atoms with Crippen LogP contribution in [0, 0.1) is 0 Å². The van der Waals surface area contributed by atoms with Crippen LogP contribution in [0.25, 0.3) is 0 Å². The molecule has 0 fully saturated rings. The van der Waals surface area contributed by atoms with Gasteiger partial charge in [0.25, 0.3) is 0 Å². The maximum absolute atomic E-state index is 12.7. The highest BCUT2D eigenvalue weighted by Gasteiger charge is 2.40. The first-order chi connectivity index (χ1) is 11.7. The van der Waals surface area contributed by atoms with E-state index in [1.165, 1.54) is 24.3 Å². The first kappa shape index (κ1) is 16.6. The number of ketones is 2. The molecule has 128 valence electrons. The zero-order valence-corrected chi connectivity index (χ0v) is 13.0. The lowest BCUT2D eigenvalue weighted by Gasteiger charge is -2.22. The van der Waals surface area contributed by atoms with Crippen molar-refractivity contribution >= 4 is 33.8 Å². The Morgan fingerprint density at radius 3 is 1.92 bits per heavy atom. The average molecular weight is 363 g/mol. The van der Waals surface area contributed by atoms with E-state index in [9.17, 15) is 37.6 Å². The third kappa shape index (κ3) is 2.27. The summed E-state index contributed by atoms with van der Waals surface area (Å²) in [7, 11) is -5.18. The summed E-state index contributed by atoms with van der Waals surface area (Å²) in [6.07, 6.45) is 0.0401. The van der Waals surface area contributed by atoms with Gasteiger partial charge in [-0.2, -0.15) is 8.42 Å². The Morgan fingerprint density at radius 2 is 1.44 bits per heavy atom. The zero-order chi connectivity index (χ0) is 18.5. The summed E-state index contributed by atoms with van der Waals surface area (Å²) >= 11 is 0. The van der Waals surface area contributed by atoms with Gasteiger partial charge in [-0.1, -0.05) is 24.3 Å². The number of carbonyl (C=O) groups is 3. The van der Waals surface area contributed by atoms with E-state index in [-0.39, 0.29) is 17.5 Å². The van der Waals surface area contributed by atoms with E-state index in [2.05, 4.69) is 0 Å². The van der Waals surface area contributed by atoms with Crippen molar-refractivity contribution in [1.29, 1.82) is 0 Å². The summed E-state index contributed by atoms with van der Waals surface area (Å²) in [6.45, 7) is 0. The topological polar surface area (TPSA) is 158 Å². The molecule has 0 heterocycles. The highest BCUT2D eigenvalue weighted by Crippen LogP contribution is 2.47. The lowest BCUT2D eigenvalue weighted by atomic mass is 9.82. The van der Waals surface area contributed by atoms with E-state index in [1.54, 1.807) is 0 Å². The van der Waals surface area contributed by atoms with Crippen LogP contribution in [0.2, 0.25) is 0 Å². The smallest absolute Gasteiger partial charge is 0.302 e. The number of fused-ring (bicyclic) bond motifs is 2. The number of hydrogen-bond donors (Lipinski definition) is 4. The van der Waals surface area contributed by atoms with E-state index in [1.807, 2.05) is 5.32 Å². The van der Waals surface area contributed by atoms with E-state index in [0.717, 1.165) is 0 Å². The Balaban J connectivity index is 2.52. The van der Waals surface area contributed by atoms with Gasteiger partial charge in [0.1, 0.15) is 0 Å². The Labute approximate surface area is 140 Å². The van der Waals surface area contributed by atoms with Gasteiger partial charge >= 0.3 is 10.1 Å². The third-order valence-electron chi connectivity index (χ3n) is 3.74. The minimum atomic E-state index is -5.18. The third-order valence-corrected chi connectivity index (χ3v) is 4.64. The number of amides is 1. The number of anilines is 1. The summed E-state index contributed by atoms with van der Waals surface area (Å²) in [4.78, 5) is 34.7. The second-order valence-electron chi connectivity index (χ2n) is 5.09. The van der Waals surface area contributed by atoms with E-state index < -0.39 is 54.9 Å². The minimum Gasteiger partial charge on any atom is -0.506 e. The Hall–Kier alpha value is -3.24. The van der Waals surface area contributed by atoms with Crippen LogP contribution in [0.1, 0.15) is 31.8 Å². The average Bonchev–Trinajstić information content (AvgIpc) is 2.54. The fourth-order valence-corrected chi connectivity index (χ4v) is 3.43. The molecule has 4 N–H and O–H groups in total. The highest BCUT2D eigenvalue weighted by atomic mass is 32.2. The molecular weight excluding hydrogens is 354 g/mol. The van der Waals surface area contributed by atoms with Crippen molar-refractivity contribution in [2.75, 3.05) is 5.32 Å². The molecule has 2 aromatic rings. The quantitative estimate of drug-likeness (QED) is 0.229. The second-order valence-corrected chi connectivity index (χ2v) is 6.45. The molecule has 0 saturated carbocycles. The van der Waals surface area contributed by atoms with Gasteiger partial charge < -0.3 is 15.5 Å². The van der Waals surface area contributed by atoms with Crippen LogP contribution in [-0.2, 0) is 14.9 Å². The fourth-order valence-electron chi connectivity index (χ4n) is 2.74. The molecule has 25 heavy (non-hydrogen) atoms. The summed E-state index contributed by atoms with van der Waals surface area (Å²) < 4.78 is 32.2. The molecule has 10 heteroatoms. The summed E-state index contributed by atoms with van der Waals surface area (Å²) in [5.74, 6) is -4.26. The molecule has 0 radical (unpaired) electrons. The molecule has 0 aromatic heterocycles. The standard InChI is InChI=1S/C15H9NO8S/c17-5-16-10-8-9(13(20)15(14(10)21)25(22,23)24)12(19)7-4-2-1-3-6(7)11(8)18/h1-5,20-21H,(H,16,17)(H,22,23,24). The van der Waals surface area contributed by atoms with Crippen LogP contribution in [0.15, 0.2) is 29.2 Å². The second kappa shape index (κ2) is 5.40. The van der Waals surface area contributed by atoms with Crippen molar-refractivity contribution in [1.82, 2.24) is 0 Å². The number of phenols is 2. The molecule has 0 aliphatic heterocycles. The van der Waals surface area contributed by atoms with Crippen LogP contribution >= 0.6 is 0 Å². The fraction of sp³-hybridized carbons (Fsp3) is 0. The van der Waals surface area contributed by atoms with Crippen molar-refractivity contribution < 1.29 is 37.6 Å². The van der Waals surface area contributed by atoms with Gasteiger partial charge in [0.2, 0.25) is 6.41 Å². The van der Waals surface area contributed by atoms with E-state index in [0.29, 0.717) is 0 Å². The van der Waals surface area contributed by atoms with Gasteiger partial charge in [-0.05, 0) is 0 Å². The monoisotopic (exact) mass is 363 g/mol. The number of rotatable bonds is 3. The number of hydrogen-bond acceptors (Lipinski definition) is 7. The largest absolute Gasteiger partial charge is 0.506 e. The highest BCUT2D eigenvalue weighted by molar-refractivity contribution is 7.86. The lowest BCUT2D eigenvalue weighted by molar-refractivity contribution is -0.105. The Kier molecular flexibility index (Phi) is 3.59. The number of aromatic hydroxyl groups is 2. The summed E-state index contributed by atoms with van der Waals surface area (Å²) in [6, 6.07) is 5.56. The van der Waals surface area contributed by atoms with Crippen molar-refractivity contribution in [2.45, 2.75) is 4.90 Å². The summed E-state index contributed by atoms with van der Waals surface area (Å²) in [5.41, 5.74) is -2.16. The van der Waals surface area contributed by atoms with Gasteiger partial charge in [-0.3, -0.25) is 18.9 Å². The molecule has 0 saturated heterocycles. The van der Waals surface area contributed by atoms with Crippen molar-refractivity contribution in [3.8, 4) is 11.5 Å². The molecule has 0 bridgehead atoms. The Bertz CT molecular complexity index is 1070. The number of nitrogens with one attached hydrogen (secondary N) is 1. The van der Waals surface area contributed by atoms with E-state index in [4.69, 9.17) is 0 Å². The van der Waals surface area contributed by atoms with Crippen LogP contribution in [0.5, 0.6) is 11.5 Å². The van der Waals surface area contributed by atoms with Crippen LogP contribution < -0.4 is 5.32 Å². The zero-order valence-electron chi connectivity index (χ0n) is 12.2. The molecule has 2 aromatic carbocycles. The molecular formula is C15H9NO8S. The molecule has 0 unspecified atom stereocenters. The van der Waals surface area contributed by atoms with Gasteiger partial charge in [0.05, 0.1) is 16.8 Å². The molecule has 9 nitrogen and oxygen atoms in total. The van der Waals surface area contributed by atoms with Gasteiger partial charge in [-0.15, -0.1) is 0 Å². The molecule has 1 aliphatic rings. The molecule has 1 amide bonds. The minimum absolute atomic E-state index is 0.0401. The van der Waals surface area contributed by atoms with Crippen molar-refractivity contribution in [3.05, 3.63) is 46.5 Å². The normalized spacial score (nSPS) is 13.2. The van der Waals surface area contributed by atoms with Crippen LogP contribution in [-0.4, -0.2) is 41.2 Å². The van der Waals surface area contributed by atoms with Crippen molar-refractivity contribution in [2.24, 2.45) is 0 Å². The van der Waals surface area contributed by atoms with E-state index >= 15 is 0 Å². The maximum atomic E-state index is 12.7. The maximum Gasteiger partial charge on any atom is 0.302 e. The first-order valence-electron chi connectivity index (χ1n) is 6.68. The van der Waals surface area contributed by atoms with Gasteiger partial charge in [-0.25, -0.2) is 0 Å². The number of carbonyl (C=O) groups excluding carboxylic acids is 3. The van der Waals surface area contributed by atoms with Gasteiger partial charge in [0.15, 0.2) is 28.0 Å². The number of phenolic OH excluding ortho intramolecular Hbond substituents is 2. The van der Waals surface area contributed by atoms with Crippen LogP contribution in [0.3, 0.4) is 0 Å². The summed E-state index contributed by atoms with van der Waals surface area (Å²) in [5, 5.41) is 22.2. The SMILES string of the molecule is O=CNc1c(O)c(S(=O)(=O)O)c(O)c2c1C(=O)c1ccccc1C2=O. The predicted molar refractivity (Wildman–Crippen MR) is 82.6 cm³/mol. The first-order valence-corrected chi connectivity index (χ1v) is 8.12. The number of benzene rings is 2. The molecule has 0 spiro atoms.